The lowest BCUT2D eigenvalue weighted by molar-refractivity contribution is 0.0948. The minimum absolute atomic E-state index is 0.244. The van der Waals surface area contributed by atoms with Gasteiger partial charge in [0.05, 0.1) is 0 Å². The number of fused-ring (bicyclic) bond motifs is 1. The average Bonchev–Trinajstić information content (AvgIpc) is 3.16. The van der Waals surface area contributed by atoms with E-state index < -0.39 is 0 Å². The highest BCUT2D eigenvalue weighted by atomic mass is 16.5. The topological polar surface area (TPSA) is 79.9 Å². The Morgan fingerprint density at radius 1 is 1.04 bits per heavy atom. The van der Waals surface area contributed by atoms with Gasteiger partial charge in [-0.05, 0) is 23.6 Å². The molecule has 0 saturated heterocycles. The van der Waals surface area contributed by atoms with Crippen molar-refractivity contribution < 1.29 is 9.53 Å². The molecule has 0 aliphatic carbocycles. The smallest absolute Gasteiger partial charge is 0.270 e. The number of hydrogen-bond acceptors (Lipinski definition) is 4. The fourth-order valence-corrected chi connectivity index (χ4v) is 3.01. The predicted molar refractivity (Wildman–Crippen MR) is 107 cm³/mol. The van der Waals surface area contributed by atoms with E-state index in [0.29, 0.717) is 19.0 Å². The molecule has 0 fully saturated rings. The van der Waals surface area contributed by atoms with E-state index in [0.717, 1.165) is 17.5 Å². The van der Waals surface area contributed by atoms with Crippen LogP contribution in [0, 0.1) is 0 Å². The molecule has 4 rings (SSSR count). The second-order valence-electron chi connectivity index (χ2n) is 6.38. The summed E-state index contributed by atoms with van der Waals surface area (Å²) in [6, 6.07) is 19.5. The Morgan fingerprint density at radius 3 is 2.75 bits per heavy atom. The number of nitrogens with one attached hydrogen (secondary N) is 2. The molecule has 0 radical (unpaired) electrons. The lowest BCUT2D eigenvalue weighted by Gasteiger charge is -2.07. The highest BCUT2D eigenvalue weighted by Crippen LogP contribution is 2.17. The van der Waals surface area contributed by atoms with Gasteiger partial charge in [-0.15, -0.1) is 0 Å². The molecule has 140 valence electrons. The number of ether oxygens (including phenoxy) is 1. The highest BCUT2D eigenvalue weighted by molar-refractivity contribution is 5.92. The molecule has 0 saturated carbocycles. The van der Waals surface area contributed by atoms with Gasteiger partial charge < -0.3 is 15.0 Å². The Morgan fingerprint density at radius 2 is 1.86 bits per heavy atom. The number of benzene rings is 2. The third kappa shape index (κ3) is 4.17. The first-order chi connectivity index (χ1) is 13.8. The Bertz CT molecular complexity index is 1080. The van der Waals surface area contributed by atoms with Crippen LogP contribution >= 0.6 is 0 Å². The number of rotatable bonds is 7. The normalized spacial score (nSPS) is 10.7. The Hall–Kier alpha value is -3.67. The highest BCUT2D eigenvalue weighted by Gasteiger charge is 2.10. The van der Waals surface area contributed by atoms with E-state index in [1.54, 1.807) is 6.07 Å². The Balaban J connectivity index is 1.33. The number of para-hydroxylation sites is 1. The van der Waals surface area contributed by atoms with Crippen LogP contribution in [0.15, 0.2) is 73.2 Å². The van der Waals surface area contributed by atoms with Gasteiger partial charge in [-0.1, -0.05) is 48.5 Å². The number of aromatic amines is 1. The molecule has 6 nitrogen and oxygen atoms in total. The number of nitrogens with zero attached hydrogens (tertiary/aromatic N) is 2. The Kier molecular flexibility index (Phi) is 5.29. The van der Waals surface area contributed by atoms with Gasteiger partial charge in [0.1, 0.15) is 18.6 Å². The van der Waals surface area contributed by atoms with Gasteiger partial charge in [-0.3, -0.25) is 4.79 Å². The summed E-state index contributed by atoms with van der Waals surface area (Å²) in [6.07, 6.45) is 4.06. The first-order valence-corrected chi connectivity index (χ1v) is 9.11. The van der Waals surface area contributed by atoms with Gasteiger partial charge in [0.25, 0.3) is 5.91 Å². The first kappa shape index (κ1) is 17.7. The lowest BCUT2D eigenvalue weighted by atomic mass is 10.1. The fourth-order valence-electron chi connectivity index (χ4n) is 3.01. The van der Waals surface area contributed by atoms with E-state index in [1.165, 1.54) is 17.3 Å². The third-order valence-corrected chi connectivity index (χ3v) is 4.46. The van der Waals surface area contributed by atoms with Crippen molar-refractivity contribution in [3.05, 3.63) is 90.0 Å². The van der Waals surface area contributed by atoms with Gasteiger partial charge in [0, 0.05) is 29.7 Å². The van der Waals surface area contributed by atoms with Crippen molar-refractivity contribution in [2.24, 2.45) is 0 Å². The minimum atomic E-state index is -0.244. The van der Waals surface area contributed by atoms with Gasteiger partial charge in [-0.2, -0.15) is 0 Å². The second-order valence-corrected chi connectivity index (χ2v) is 6.38. The van der Waals surface area contributed by atoms with E-state index in [2.05, 4.69) is 26.3 Å². The molecule has 1 amide bonds. The summed E-state index contributed by atoms with van der Waals surface area (Å²) in [6.45, 7) is 0.907. The van der Waals surface area contributed by atoms with Gasteiger partial charge in [0.15, 0.2) is 0 Å². The first-order valence-electron chi connectivity index (χ1n) is 9.11. The molecule has 0 bridgehead atoms. The van der Waals surface area contributed by atoms with Gasteiger partial charge >= 0.3 is 0 Å². The molecular weight excluding hydrogens is 352 g/mol. The molecule has 0 aliphatic rings. The number of H-pyrrole nitrogens is 1. The molecule has 2 N–H and O–H groups in total. The predicted octanol–water partition coefficient (Wildman–Crippen LogP) is 3.51. The molecular formula is C22H20N4O2. The van der Waals surface area contributed by atoms with Crippen molar-refractivity contribution in [3.8, 4) is 5.88 Å². The fraction of sp³-hybridized carbons (Fsp3) is 0.136. The van der Waals surface area contributed by atoms with Crippen molar-refractivity contribution in [1.82, 2.24) is 20.3 Å². The number of carbonyl (C=O) groups is 1. The van der Waals surface area contributed by atoms with E-state index in [1.807, 2.05) is 54.7 Å². The average molecular weight is 372 g/mol. The molecule has 4 aromatic rings. The summed E-state index contributed by atoms with van der Waals surface area (Å²) in [5.74, 6) is 0.132. The van der Waals surface area contributed by atoms with Crippen molar-refractivity contribution in [3.63, 3.8) is 0 Å². The zero-order valence-electron chi connectivity index (χ0n) is 15.3. The molecule has 28 heavy (non-hydrogen) atoms. The zero-order chi connectivity index (χ0) is 19.2. The quantitative estimate of drug-likeness (QED) is 0.520. The monoisotopic (exact) mass is 372 g/mol. The molecule has 0 aliphatic heterocycles. The van der Waals surface area contributed by atoms with Crippen LogP contribution in [-0.2, 0) is 13.0 Å². The van der Waals surface area contributed by atoms with Gasteiger partial charge in [-0.25, -0.2) is 9.97 Å². The summed E-state index contributed by atoms with van der Waals surface area (Å²) < 4.78 is 5.66. The summed E-state index contributed by atoms with van der Waals surface area (Å²) in [5.41, 5.74) is 3.59. The van der Waals surface area contributed by atoms with Crippen LogP contribution in [0.3, 0.4) is 0 Å². The van der Waals surface area contributed by atoms with Crippen LogP contribution in [0.2, 0.25) is 0 Å². The van der Waals surface area contributed by atoms with E-state index >= 15 is 0 Å². The molecule has 0 atom stereocenters. The SMILES string of the molecule is O=C(NCCc1c[nH]c2ccccc12)c1cc(OCc2ccccc2)ncn1. The second kappa shape index (κ2) is 8.35. The minimum Gasteiger partial charge on any atom is -0.473 e. The van der Waals surface area contributed by atoms with Gasteiger partial charge in [0.2, 0.25) is 5.88 Å². The summed E-state index contributed by atoms with van der Waals surface area (Å²) in [4.78, 5) is 23.8. The number of hydrogen-bond donors (Lipinski definition) is 2. The summed E-state index contributed by atoms with van der Waals surface area (Å²) in [7, 11) is 0. The number of carbonyl (C=O) groups excluding carboxylic acids is 1. The number of aromatic nitrogens is 3. The standard InChI is InChI=1S/C22H20N4O2/c27-22(23-11-10-17-13-24-19-9-5-4-8-18(17)19)20-12-21(26-15-25-20)28-14-16-6-2-1-3-7-16/h1-9,12-13,15,24H,10-11,14H2,(H,23,27). The van der Waals surface area contributed by atoms with Crippen molar-refractivity contribution in [2.45, 2.75) is 13.0 Å². The number of amides is 1. The summed E-state index contributed by atoms with van der Waals surface area (Å²) >= 11 is 0. The van der Waals surface area contributed by atoms with Crippen LogP contribution in [0.25, 0.3) is 10.9 Å². The van der Waals surface area contributed by atoms with Crippen molar-refractivity contribution in [2.75, 3.05) is 6.54 Å². The van der Waals surface area contributed by atoms with E-state index in [9.17, 15) is 4.79 Å². The maximum absolute atomic E-state index is 12.4. The maximum Gasteiger partial charge on any atom is 0.270 e. The van der Waals surface area contributed by atoms with Crippen molar-refractivity contribution >= 4 is 16.8 Å². The largest absolute Gasteiger partial charge is 0.473 e. The third-order valence-electron chi connectivity index (χ3n) is 4.46. The molecule has 6 heteroatoms. The van der Waals surface area contributed by atoms with Crippen LogP contribution in [0.5, 0.6) is 5.88 Å². The molecule has 2 aromatic heterocycles. The van der Waals surface area contributed by atoms with Crippen LogP contribution in [-0.4, -0.2) is 27.4 Å². The maximum atomic E-state index is 12.4. The van der Waals surface area contributed by atoms with Crippen LogP contribution in [0.4, 0.5) is 0 Å². The van der Waals surface area contributed by atoms with E-state index in [4.69, 9.17) is 4.74 Å². The zero-order valence-corrected chi connectivity index (χ0v) is 15.3. The molecule has 0 unspecified atom stereocenters. The van der Waals surface area contributed by atoms with Crippen LogP contribution in [0.1, 0.15) is 21.6 Å². The lowest BCUT2D eigenvalue weighted by Crippen LogP contribution is -2.26. The molecule has 0 spiro atoms. The molecule has 2 aromatic carbocycles. The summed E-state index contributed by atoms with van der Waals surface area (Å²) in [5, 5.41) is 4.08. The van der Waals surface area contributed by atoms with Crippen LogP contribution < -0.4 is 10.1 Å². The molecule has 2 heterocycles. The van der Waals surface area contributed by atoms with Crippen molar-refractivity contribution in [1.29, 1.82) is 0 Å². The van der Waals surface area contributed by atoms with E-state index in [-0.39, 0.29) is 11.6 Å². The Labute approximate surface area is 162 Å².